The summed E-state index contributed by atoms with van der Waals surface area (Å²) in [5.41, 5.74) is 4.31. The van der Waals surface area contributed by atoms with E-state index in [4.69, 9.17) is 9.72 Å². The quantitative estimate of drug-likeness (QED) is 0.121. The number of ketones is 1. The van der Waals surface area contributed by atoms with Crippen LogP contribution >= 0.6 is 0 Å². The van der Waals surface area contributed by atoms with Gasteiger partial charge in [-0.3, -0.25) is 19.9 Å². The van der Waals surface area contributed by atoms with E-state index in [1.807, 2.05) is 42.5 Å². The number of carbonyl (C=O) groups excluding carboxylic acids is 1. The van der Waals surface area contributed by atoms with Crippen LogP contribution in [0.1, 0.15) is 62.5 Å². The summed E-state index contributed by atoms with van der Waals surface area (Å²) in [5, 5.41) is 27.0. The van der Waals surface area contributed by atoms with Crippen LogP contribution in [0, 0.1) is 15.5 Å². The molecule has 9 heteroatoms. The molecule has 9 nitrogen and oxygen atoms in total. The highest BCUT2D eigenvalue weighted by atomic mass is 16.6. The fourth-order valence-corrected chi connectivity index (χ4v) is 7.23. The molecule has 1 aliphatic carbocycles. The van der Waals surface area contributed by atoms with Crippen molar-refractivity contribution in [3.8, 4) is 39.6 Å². The maximum Gasteiger partial charge on any atom is 0.273 e. The lowest BCUT2D eigenvalue weighted by Gasteiger charge is -2.33. The number of nitro benzene ring substituents is 1. The number of nitrogens with zero attached hydrogens (tertiary/aromatic N) is 3. The number of ether oxygens (including phenoxy) is 1. The number of nitro groups is 1. The number of hydrogen-bond acceptors (Lipinski definition) is 8. The molecule has 0 saturated heterocycles. The Morgan fingerprint density at radius 1 is 0.840 bits per heavy atom. The minimum absolute atomic E-state index is 0.0473. The number of aromatic nitrogens is 2. The van der Waals surface area contributed by atoms with Crippen molar-refractivity contribution in [1.82, 2.24) is 9.97 Å². The van der Waals surface area contributed by atoms with Crippen LogP contribution in [0.3, 0.4) is 0 Å². The zero-order valence-corrected chi connectivity index (χ0v) is 28.4. The number of pyridine rings is 2. The average molecular weight is 665 g/mol. The van der Waals surface area contributed by atoms with Crippen LogP contribution in [0.25, 0.3) is 33.2 Å². The molecule has 0 unspecified atom stereocenters. The standard InChI is InChI=1S/C41H36N4O5/c1-40(2,3)23-41(4,5)24-13-16-26(17-14-24)50-33-21-31(44-34-12-8-9-19-42-34)37-35-30(33)22-43-38(29-18-15-25(45(48)49)20-32(29)46)36(35)27-10-6-7-11-28(27)39(37)47/h6-22,46H,23H2,1-5H3,(H,42,44). The highest BCUT2D eigenvalue weighted by Crippen LogP contribution is 2.51. The maximum absolute atomic E-state index is 14.4. The molecule has 4 aromatic carbocycles. The van der Waals surface area contributed by atoms with Crippen LogP contribution in [-0.2, 0) is 5.41 Å². The van der Waals surface area contributed by atoms with Crippen LogP contribution < -0.4 is 10.1 Å². The third-order valence-electron chi connectivity index (χ3n) is 9.02. The summed E-state index contributed by atoms with van der Waals surface area (Å²) in [5.74, 6) is 1.12. The van der Waals surface area contributed by atoms with Gasteiger partial charge < -0.3 is 15.2 Å². The lowest BCUT2D eigenvalue weighted by molar-refractivity contribution is -0.384. The first-order chi connectivity index (χ1) is 23.8. The molecule has 1 aliphatic rings. The van der Waals surface area contributed by atoms with E-state index in [1.165, 1.54) is 17.7 Å². The Morgan fingerprint density at radius 2 is 1.56 bits per heavy atom. The smallest absolute Gasteiger partial charge is 0.273 e. The number of phenolic OH excluding ortho intramolecular Hbond substituents is 1. The van der Waals surface area contributed by atoms with Crippen LogP contribution in [0.2, 0.25) is 0 Å². The van der Waals surface area contributed by atoms with Gasteiger partial charge in [-0.05, 0) is 58.7 Å². The molecule has 0 radical (unpaired) electrons. The second-order valence-corrected chi connectivity index (χ2v) is 14.5. The van der Waals surface area contributed by atoms with Gasteiger partial charge in [-0.15, -0.1) is 0 Å². The molecule has 6 aromatic rings. The second-order valence-electron chi connectivity index (χ2n) is 14.5. The summed E-state index contributed by atoms with van der Waals surface area (Å²) in [6.45, 7) is 11.2. The van der Waals surface area contributed by atoms with Crippen LogP contribution in [0.5, 0.6) is 17.2 Å². The molecule has 7 rings (SSSR count). The summed E-state index contributed by atoms with van der Waals surface area (Å²) in [7, 11) is 0. The molecule has 2 aromatic heterocycles. The molecule has 2 heterocycles. The number of phenols is 1. The number of non-ortho nitro benzene ring substituents is 1. The third-order valence-corrected chi connectivity index (χ3v) is 9.02. The van der Waals surface area contributed by atoms with Crippen molar-refractivity contribution in [2.45, 2.75) is 46.5 Å². The van der Waals surface area contributed by atoms with Gasteiger partial charge >= 0.3 is 0 Å². The van der Waals surface area contributed by atoms with Gasteiger partial charge in [-0.2, -0.15) is 0 Å². The Labute approximate surface area is 289 Å². The Hall–Kier alpha value is -6.09. The van der Waals surface area contributed by atoms with E-state index in [-0.39, 0.29) is 28.1 Å². The number of nitrogens with one attached hydrogen (secondary N) is 1. The monoisotopic (exact) mass is 664 g/mol. The lowest BCUT2D eigenvalue weighted by Crippen LogP contribution is -2.24. The molecule has 0 atom stereocenters. The van der Waals surface area contributed by atoms with Gasteiger partial charge in [-0.25, -0.2) is 4.98 Å². The Balaban J connectivity index is 1.46. The van der Waals surface area contributed by atoms with E-state index in [2.05, 4.69) is 57.1 Å². The van der Waals surface area contributed by atoms with Crippen molar-refractivity contribution in [3.63, 3.8) is 0 Å². The third kappa shape index (κ3) is 5.91. The topological polar surface area (TPSA) is 127 Å². The largest absolute Gasteiger partial charge is 0.507 e. The molecule has 0 saturated carbocycles. The fraction of sp³-hybridized carbons (Fsp3) is 0.195. The zero-order valence-electron chi connectivity index (χ0n) is 28.4. The molecule has 0 spiro atoms. The van der Waals surface area contributed by atoms with Gasteiger partial charge in [0.25, 0.3) is 5.69 Å². The molecule has 50 heavy (non-hydrogen) atoms. The van der Waals surface area contributed by atoms with Crippen molar-refractivity contribution in [1.29, 1.82) is 0 Å². The summed E-state index contributed by atoms with van der Waals surface area (Å²) >= 11 is 0. The van der Waals surface area contributed by atoms with Crippen LogP contribution in [0.4, 0.5) is 17.2 Å². The Bertz CT molecular complexity index is 2310. The van der Waals surface area contributed by atoms with E-state index >= 15 is 0 Å². The van der Waals surface area contributed by atoms with Gasteiger partial charge in [0.15, 0.2) is 5.78 Å². The highest BCUT2D eigenvalue weighted by Gasteiger charge is 2.33. The Morgan fingerprint density at radius 3 is 2.22 bits per heavy atom. The first kappa shape index (κ1) is 32.5. The van der Waals surface area contributed by atoms with E-state index in [9.17, 15) is 20.0 Å². The molecule has 2 N–H and O–H groups in total. The summed E-state index contributed by atoms with van der Waals surface area (Å²) < 4.78 is 6.62. The first-order valence-corrected chi connectivity index (χ1v) is 16.4. The second kappa shape index (κ2) is 12.1. The first-order valence-electron chi connectivity index (χ1n) is 16.4. The van der Waals surface area contributed by atoms with E-state index < -0.39 is 4.92 Å². The molecule has 0 amide bonds. The van der Waals surface area contributed by atoms with Gasteiger partial charge in [0.2, 0.25) is 0 Å². The maximum atomic E-state index is 14.4. The lowest BCUT2D eigenvalue weighted by atomic mass is 9.72. The highest BCUT2D eigenvalue weighted by molar-refractivity contribution is 6.30. The Kier molecular flexibility index (Phi) is 7.86. The van der Waals surface area contributed by atoms with E-state index in [0.29, 0.717) is 67.3 Å². The van der Waals surface area contributed by atoms with Gasteiger partial charge in [0.05, 0.1) is 27.9 Å². The van der Waals surface area contributed by atoms with Gasteiger partial charge in [-0.1, -0.05) is 77.1 Å². The normalized spacial score (nSPS) is 12.5. The van der Waals surface area contributed by atoms with E-state index in [0.717, 1.165) is 12.5 Å². The molecule has 0 aliphatic heterocycles. The minimum Gasteiger partial charge on any atom is -0.507 e. The number of anilines is 2. The summed E-state index contributed by atoms with van der Waals surface area (Å²) in [6, 6.07) is 26.5. The average Bonchev–Trinajstić information content (AvgIpc) is 3.07. The number of carbonyl (C=O) groups is 1. The molecule has 0 bridgehead atoms. The van der Waals surface area contributed by atoms with Crippen molar-refractivity contribution in [2.24, 2.45) is 5.41 Å². The van der Waals surface area contributed by atoms with Crippen LogP contribution in [0.15, 0.2) is 103 Å². The number of aromatic hydroxyl groups is 1. The molecular weight excluding hydrogens is 628 g/mol. The van der Waals surface area contributed by atoms with Crippen molar-refractivity contribution in [2.75, 3.05) is 5.32 Å². The van der Waals surface area contributed by atoms with Crippen molar-refractivity contribution < 1.29 is 19.6 Å². The minimum atomic E-state index is -0.565. The molecule has 250 valence electrons. The number of hydrogen-bond donors (Lipinski definition) is 2. The summed E-state index contributed by atoms with van der Waals surface area (Å²) in [4.78, 5) is 34.6. The van der Waals surface area contributed by atoms with Crippen LogP contribution in [-0.4, -0.2) is 25.8 Å². The van der Waals surface area contributed by atoms with Crippen molar-refractivity contribution >= 4 is 33.7 Å². The number of fused-ring (bicyclic) bond motifs is 2. The SMILES string of the molecule is CC(C)(C)CC(C)(C)c1ccc(Oc2cc(Nc3ccccn3)c3c4c(c(-c5ccc([N+](=O)[O-])cc5O)ncc24)-c2ccccc2C3=O)cc1. The predicted octanol–water partition coefficient (Wildman–Crippen LogP) is 10.4. The van der Waals surface area contributed by atoms with E-state index in [1.54, 1.807) is 30.6 Å². The summed E-state index contributed by atoms with van der Waals surface area (Å²) in [6.07, 6.45) is 4.29. The number of rotatable bonds is 8. The number of benzene rings is 4. The van der Waals surface area contributed by atoms with Gasteiger partial charge in [0.1, 0.15) is 23.1 Å². The fourth-order valence-electron chi connectivity index (χ4n) is 7.23. The molecular formula is C41H36N4O5. The van der Waals surface area contributed by atoms with Crippen molar-refractivity contribution in [3.05, 3.63) is 130 Å². The molecule has 0 fully saturated rings. The zero-order chi connectivity index (χ0) is 35.4. The predicted molar refractivity (Wildman–Crippen MR) is 196 cm³/mol. The van der Waals surface area contributed by atoms with Gasteiger partial charge in [0, 0.05) is 52.0 Å².